The molecule has 1 aromatic carbocycles. The monoisotopic (exact) mass is 330 g/mol. The number of rotatable bonds is 5. The number of aromatic amines is 1. The van der Waals surface area contributed by atoms with E-state index in [9.17, 15) is 10.1 Å². The van der Waals surface area contributed by atoms with Gasteiger partial charge in [-0.25, -0.2) is 4.98 Å². The lowest BCUT2D eigenvalue weighted by Crippen LogP contribution is -1.99. The van der Waals surface area contributed by atoms with Gasteiger partial charge in [0.05, 0.1) is 4.92 Å². The third kappa shape index (κ3) is 2.95. The molecular formula is C14H14N6O2S. The Morgan fingerprint density at radius 3 is 2.74 bits per heavy atom. The number of aryl methyl sites for hydroxylation is 2. The zero-order valence-electron chi connectivity index (χ0n) is 12.6. The largest absolute Gasteiger partial charge is 0.324 e. The van der Waals surface area contributed by atoms with Crippen LogP contribution in [0.1, 0.15) is 12.6 Å². The first kappa shape index (κ1) is 15.2. The van der Waals surface area contributed by atoms with E-state index in [1.807, 2.05) is 37.3 Å². The fourth-order valence-corrected chi connectivity index (χ4v) is 3.18. The topological polar surface area (TPSA) is 103 Å². The third-order valence-electron chi connectivity index (χ3n) is 3.23. The summed E-state index contributed by atoms with van der Waals surface area (Å²) in [5.41, 5.74) is 1.29. The van der Waals surface area contributed by atoms with Crippen LogP contribution in [0.15, 0.2) is 40.5 Å². The quantitative estimate of drug-likeness (QED) is 0.570. The molecule has 0 saturated heterocycles. The van der Waals surface area contributed by atoms with E-state index in [-0.39, 0.29) is 5.69 Å². The SMILES string of the molecule is CCn1nc(C)c([N+](=O)[O-])c1Sc1n[nH]c(-c2ccccc2)n1. The van der Waals surface area contributed by atoms with E-state index >= 15 is 0 Å². The highest BCUT2D eigenvalue weighted by Crippen LogP contribution is 2.35. The van der Waals surface area contributed by atoms with E-state index in [0.717, 1.165) is 17.3 Å². The first-order chi connectivity index (χ1) is 11.1. The number of H-pyrrole nitrogens is 1. The second-order valence-electron chi connectivity index (χ2n) is 4.75. The van der Waals surface area contributed by atoms with Crippen LogP contribution in [0.5, 0.6) is 0 Å². The maximum atomic E-state index is 11.3. The van der Waals surface area contributed by atoms with E-state index in [1.54, 1.807) is 11.6 Å². The van der Waals surface area contributed by atoms with Gasteiger partial charge in [-0.15, -0.1) is 5.10 Å². The van der Waals surface area contributed by atoms with E-state index in [2.05, 4.69) is 20.3 Å². The molecule has 0 amide bonds. The van der Waals surface area contributed by atoms with Crippen molar-refractivity contribution in [3.05, 3.63) is 46.1 Å². The summed E-state index contributed by atoms with van der Waals surface area (Å²) in [4.78, 5) is 15.3. The Kier molecular flexibility index (Phi) is 4.11. The van der Waals surface area contributed by atoms with Crippen molar-refractivity contribution in [3.8, 4) is 11.4 Å². The molecular weight excluding hydrogens is 316 g/mol. The Morgan fingerprint density at radius 2 is 2.09 bits per heavy atom. The molecule has 0 aliphatic carbocycles. The van der Waals surface area contributed by atoms with Crippen LogP contribution >= 0.6 is 11.8 Å². The van der Waals surface area contributed by atoms with Crippen molar-refractivity contribution in [1.29, 1.82) is 0 Å². The molecule has 0 radical (unpaired) electrons. The van der Waals surface area contributed by atoms with Gasteiger partial charge in [-0.2, -0.15) is 5.10 Å². The number of nitro groups is 1. The second kappa shape index (κ2) is 6.21. The van der Waals surface area contributed by atoms with Crippen LogP contribution in [0, 0.1) is 17.0 Å². The molecule has 1 N–H and O–H groups in total. The molecule has 0 atom stereocenters. The first-order valence-electron chi connectivity index (χ1n) is 6.97. The molecule has 8 nitrogen and oxygen atoms in total. The predicted octanol–water partition coefficient (Wildman–Crippen LogP) is 3.06. The second-order valence-corrected chi connectivity index (χ2v) is 5.70. The van der Waals surface area contributed by atoms with Crippen LogP contribution in [0.3, 0.4) is 0 Å². The number of nitrogens with zero attached hydrogens (tertiary/aromatic N) is 5. The first-order valence-corrected chi connectivity index (χ1v) is 7.79. The lowest BCUT2D eigenvalue weighted by atomic mass is 10.2. The van der Waals surface area contributed by atoms with Gasteiger partial charge in [0.2, 0.25) is 5.16 Å². The van der Waals surface area contributed by atoms with Gasteiger partial charge in [0, 0.05) is 12.1 Å². The Labute approximate surface area is 136 Å². The average Bonchev–Trinajstić information content (AvgIpc) is 3.13. The molecule has 3 aromatic rings. The lowest BCUT2D eigenvalue weighted by molar-refractivity contribution is -0.388. The van der Waals surface area contributed by atoms with Crippen molar-refractivity contribution in [2.45, 2.75) is 30.6 Å². The fraction of sp³-hybridized carbons (Fsp3) is 0.214. The van der Waals surface area contributed by atoms with E-state index in [0.29, 0.717) is 28.2 Å². The highest BCUT2D eigenvalue weighted by Gasteiger charge is 2.26. The molecule has 0 saturated carbocycles. The Balaban J connectivity index is 1.94. The molecule has 3 rings (SSSR count). The van der Waals surface area contributed by atoms with Crippen molar-refractivity contribution >= 4 is 17.4 Å². The Hall–Kier alpha value is -2.68. The zero-order valence-corrected chi connectivity index (χ0v) is 13.4. The Bertz CT molecular complexity index is 842. The standard InChI is InChI=1S/C14H14N6O2S/c1-3-19-13(11(20(21)22)9(2)18-19)23-14-15-12(16-17-14)10-7-5-4-6-8-10/h4-8H,3H2,1-2H3,(H,15,16,17). The van der Waals surface area contributed by atoms with Gasteiger partial charge in [-0.05, 0) is 25.6 Å². The minimum atomic E-state index is -0.415. The maximum absolute atomic E-state index is 11.3. The molecule has 23 heavy (non-hydrogen) atoms. The number of benzene rings is 1. The van der Waals surface area contributed by atoms with E-state index in [1.165, 1.54) is 0 Å². The average molecular weight is 330 g/mol. The highest BCUT2D eigenvalue weighted by atomic mass is 32.2. The molecule has 0 fully saturated rings. The van der Waals surface area contributed by atoms with E-state index in [4.69, 9.17) is 0 Å². The van der Waals surface area contributed by atoms with Crippen molar-refractivity contribution < 1.29 is 4.92 Å². The third-order valence-corrected chi connectivity index (χ3v) is 4.20. The fourth-order valence-electron chi connectivity index (χ4n) is 2.18. The summed E-state index contributed by atoms with van der Waals surface area (Å²) in [5, 5.41) is 23.3. The summed E-state index contributed by atoms with van der Waals surface area (Å²) in [5.74, 6) is 0.620. The number of aromatic nitrogens is 5. The van der Waals surface area contributed by atoms with Crippen LogP contribution < -0.4 is 0 Å². The minimum Gasteiger partial charge on any atom is -0.258 e. The van der Waals surface area contributed by atoms with Crippen molar-refractivity contribution in [1.82, 2.24) is 25.0 Å². The predicted molar refractivity (Wildman–Crippen MR) is 85.2 cm³/mol. The van der Waals surface area contributed by atoms with Gasteiger partial charge in [0.1, 0.15) is 5.69 Å². The summed E-state index contributed by atoms with van der Waals surface area (Å²) in [6.45, 7) is 4.04. The maximum Gasteiger partial charge on any atom is 0.324 e. The molecule has 0 bridgehead atoms. The smallest absolute Gasteiger partial charge is 0.258 e. The zero-order chi connectivity index (χ0) is 16.4. The number of hydrogen-bond donors (Lipinski definition) is 1. The molecule has 2 heterocycles. The van der Waals surface area contributed by atoms with Gasteiger partial charge >= 0.3 is 5.69 Å². The van der Waals surface area contributed by atoms with Gasteiger partial charge < -0.3 is 0 Å². The van der Waals surface area contributed by atoms with Crippen molar-refractivity contribution in [2.75, 3.05) is 0 Å². The summed E-state index contributed by atoms with van der Waals surface area (Å²) in [6, 6.07) is 9.56. The van der Waals surface area contributed by atoms with Crippen molar-refractivity contribution in [3.63, 3.8) is 0 Å². The van der Waals surface area contributed by atoms with Gasteiger partial charge in [0.25, 0.3) is 0 Å². The normalized spacial score (nSPS) is 10.9. The molecule has 118 valence electrons. The Morgan fingerprint density at radius 1 is 1.35 bits per heavy atom. The molecule has 9 heteroatoms. The van der Waals surface area contributed by atoms with Crippen molar-refractivity contribution in [2.24, 2.45) is 0 Å². The summed E-state index contributed by atoms with van der Waals surface area (Å²) < 4.78 is 1.59. The van der Waals surface area contributed by atoms with Gasteiger partial charge in [-0.1, -0.05) is 30.3 Å². The van der Waals surface area contributed by atoms with Crippen LogP contribution in [0.2, 0.25) is 0 Å². The molecule has 0 aliphatic rings. The van der Waals surface area contributed by atoms with E-state index < -0.39 is 4.92 Å². The van der Waals surface area contributed by atoms with Gasteiger partial charge in [-0.3, -0.25) is 19.9 Å². The number of nitrogens with one attached hydrogen (secondary N) is 1. The molecule has 0 aliphatic heterocycles. The van der Waals surface area contributed by atoms with Crippen LogP contribution in [-0.4, -0.2) is 29.9 Å². The summed E-state index contributed by atoms with van der Waals surface area (Å²) in [7, 11) is 0. The summed E-state index contributed by atoms with van der Waals surface area (Å²) >= 11 is 1.14. The molecule has 0 unspecified atom stereocenters. The molecule has 0 spiro atoms. The van der Waals surface area contributed by atoms with Crippen LogP contribution in [-0.2, 0) is 6.54 Å². The highest BCUT2D eigenvalue weighted by molar-refractivity contribution is 7.99. The molecule has 2 aromatic heterocycles. The van der Waals surface area contributed by atoms with Crippen LogP contribution in [0.4, 0.5) is 5.69 Å². The number of hydrogen-bond acceptors (Lipinski definition) is 6. The summed E-state index contributed by atoms with van der Waals surface area (Å²) in [6.07, 6.45) is 0. The van der Waals surface area contributed by atoms with Crippen LogP contribution in [0.25, 0.3) is 11.4 Å². The minimum absolute atomic E-state index is 0.00270. The van der Waals surface area contributed by atoms with Gasteiger partial charge in [0.15, 0.2) is 10.9 Å². The lowest BCUT2D eigenvalue weighted by Gasteiger charge is -2.00.